The molecule has 0 bridgehead atoms. The summed E-state index contributed by atoms with van der Waals surface area (Å²) in [7, 11) is 1.94. The van der Waals surface area contributed by atoms with E-state index >= 15 is 0 Å². The fourth-order valence-corrected chi connectivity index (χ4v) is 3.24. The van der Waals surface area contributed by atoms with E-state index in [4.69, 9.17) is 11.6 Å². The van der Waals surface area contributed by atoms with Crippen LogP contribution in [0.4, 0.5) is 5.69 Å². The Labute approximate surface area is 184 Å². The second kappa shape index (κ2) is 9.36. The number of anilines is 1. The van der Waals surface area contributed by atoms with E-state index in [1.165, 1.54) is 6.33 Å². The van der Waals surface area contributed by atoms with Gasteiger partial charge in [0.05, 0.1) is 36.4 Å². The number of carbonyl (C=O) groups is 1. The van der Waals surface area contributed by atoms with Crippen LogP contribution in [-0.4, -0.2) is 30.4 Å². The summed E-state index contributed by atoms with van der Waals surface area (Å²) < 4.78 is 1.98. The molecule has 4 rings (SSSR count). The smallest absolute Gasteiger partial charge is 0.251 e. The van der Waals surface area contributed by atoms with Crippen LogP contribution >= 0.6 is 11.6 Å². The van der Waals surface area contributed by atoms with E-state index in [1.54, 1.807) is 42.9 Å². The highest BCUT2D eigenvalue weighted by atomic mass is 35.5. The Morgan fingerprint density at radius 3 is 2.77 bits per heavy atom. The van der Waals surface area contributed by atoms with Crippen molar-refractivity contribution in [2.24, 2.45) is 7.05 Å². The molecule has 3 aromatic heterocycles. The third kappa shape index (κ3) is 5.04. The molecule has 31 heavy (non-hydrogen) atoms. The molecule has 3 heterocycles. The van der Waals surface area contributed by atoms with E-state index in [0.29, 0.717) is 29.4 Å². The van der Waals surface area contributed by atoms with Gasteiger partial charge < -0.3 is 15.2 Å². The topological polar surface area (TPSA) is 97.6 Å². The number of hydrogen-bond acceptors (Lipinski definition) is 6. The number of benzene rings is 1. The summed E-state index contributed by atoms with van der Waals surface area (Å²) in [6.07, 6.45) is 6.61. The third-order valence-electron chi connectivity index (χ3n) is 4.71. The zero-order valence-electron chi connectivity index (χ0n) is 16.8. The largest absolute Gasteiger partial charge is 0.378 e. The van der Waals surface area contributed by atoms with E-state index in [-0.39, 0.29) is 5.91 Å². The van der Waals surface area contributed by atoms with Gasteiger partial charge >= 0.3 is 0 Å². The van der Waals surface area contributed by atoms with E-state index in [9.17, 15) is 4.79 Å². The standard InChI is InChI=1S/C22H20ClN7O/c1-30-20(19-6-7-24-14-29-19)12-27-21(30)13-26-17-4-2-3-15(9-17)22(31)28-11-18-10-16(23)5-8-25-18/h2-10,12,14,26H,11,13H2,1H3,(H,28,31). The molecule has 0 spiro atoms. The molecule has 0 aliphatic heterocycles. The summed E-state index contributed by atoms with van der Waals surface area (Å²) >= 11 is 5.96. The lowest BCUT2D eigenvalue weighted by Crippen LogP contribution is -2.23. The van der Waals surface area contributed by atoms with E-state index in [2.05, 4.69) is 30.6 Å². The molecule has 2 N–H and O–H groups in total. The summed E-state index contributed by atoms with van der Waals surface area (Å²) in [5.74, 6) is 0.656. The lowest BCUT2D eigenvalue weighted by Gasteiger charge is -2.10. The van der Waals surface area contributed by atoms with Crippen LogP contribution in [0.1, 0.15) is 21.9 Å². The van der Waals surface area contributed by atoms with Crippen LogP contribution in [-0.2, 0) is 20.1 Å². The summed E-state index contributed by atoms with van der Waals surface area (Å²) in [5, 5.41) is 6.76. The third-order valence-corrected chi connectivity index (χ3v) is 4.95. The first-order valence-corrected chi connectivity index (χ1v) is 9.97. The number of nitrogens with one attached hydrogen (secondary N) is 2. The van der Waals surface area contributed by atoms with Crippen molar-refractivity contribution >= 4 is 23.2 Å². The van der Waals surface area contributed by atoms with Crippen LogP contribution in [0.5, 0.6) is 0 Å². The van der Waals surface area contributed by atoms with Crippen molar-refractivity contribution in [3.63, 3.8) is 0 Å². The Kier molecular flexibility index (Phi) is 6.18. The quantitative estimate of drug-likeness (QED) is 0.463. The van der Waals surface area contributed by atoms with Crippen molar-refractivity contribution in [2.75, 3.05) is 5.32 Å². The van der Waals surface area contributed by atoms with Gasteiger partial charge in [-0.1, -0.05) is 17.7 Å². The van der Waals surface area contributed by atoms with Gasteiger partial charge in [-0.05, 0) is 36.4 Å². The number of nitrogens with zero attached hydrogens (tertiary/aromatic N) is 5. The zero-order valence-corrected chi connectivity index (χ0v) is 17.5. The average Bonchev–Trinajstić information content (AvgIpc) is 3.17. The number of halogens is 1. The van der Waals surface area contributed by atoms with Gasteiger partial charge in [0.2, 0.25) is 0 Å². The van der Waals surface area contributed by atoms with Crippen molar-refractivity contribution in [3.05, 3.63) is 89.5 Å². The van der Waals surface area contributed by atoms with Gasteiger partial charge in [0, 0.05) is 35.7 Å². The van der Waals surface area contributed by atoms with Gasteiger partial charge in [-0.3, -0.25) is 9.78 Å². The Bertz CT molecular complexity index is 1190. The van der Waals surface area contributed by atoms with Crippen molar-refractivity contribution in [3.8, 4) is 11.4 Å². The fourth-order valence-electron chi connectivity index (χ4n) is 3.06. The number of hydrogen-bond donors (Lipinski definition) is 2. The predicted molar refractivity (Wildman–Crippen MR) is 118 cm³/mol. The Balaban J connectivity index is 1.39. The Morgan fingerprint density at radius 2 is 1.97 bits per heavy atom. The zero-order chi connectivity index (χ0) is 21.6. The molecule has 156 valence electrons. The molecular weight excluding hydrogens is 414 g/mol. The van der Waals surface area contributed by atoms with Crippen LogP contribution in [0.2, 0.25) is 5.02 Å². The van der Waals surface area contributed by atoms with Gasteiger partial charge in [-0.15, -0.1) is 0 Å². The molecule has 1 amide bonds. The molecule has 0 aliphatic rings. The van der Waals surface area contributed by atoms with Gasteiger partial charge in [0.1, 0.15) is 12.2 Å². The molecule has 0 saturated heterocycles. The Morgan fingerprint density at radius 1 is 1.06 bits per heavy atom. The highest BCUT2D eigenvalue weighted by Crippen LogP contribution is 2.18. The predicted octanol–water partition coefficient (Wildman–Crippen LogP) is 3.47. The fraction of sp³-hybridized carbons (Fsp3) is 0.136. The monoisotopic (exact) mass is 433 g/mol. The van der Waals surface area contributed by atoms with Crippen molar-refractivity contribution in [2.45, 2.75) is 13.1 Å². The first-order valence-electron chi connectivity index (χ1n) is 9.59. The van der Waals surface area contributed by atoms with Gasteiger partial charge in [-0.2, -0.15) is 0 Å². The highest BCUT2D eigenvalue weighted by molar-refractivity contribution is 6.30. The summed E-state index contributed by atoms with van der Waals surface area (Å²) in [5.41, 5.74) is 3.78. The van der Waals surface area contributed by atoms with E-state index in [0.717, 1.165) is 22.9 Å². The highest BCUT2D eigenvalue weighted by Gasteiger charge is 2.10. The second-order valence-corrected chi connectivity index (χ2v) is 7.23. The molecule has 0 atom stereocenters. The summed E-state index contributed by atoms with van der Waals surface area (Å²) in [6, 6.07) is 12.6. The first kappa shape index (κ1) is 20.5. The molecule has 8 nitrogen and oxygen atoms in total. The van der Waals surface area contributed by atoms with Crippen molar-refractivity contribution < 1.29 is 4.79 Å². The van der Waals surface area contributed by atoms with Crippen LogP contribution in [0.3, 0.4) is 0 Å². The van der Waals surface area contributed by atoms with Crippen LogP contribution in [0.15, 0.2) is 67.4 Å². The number of pyridine rings is 1. The van der Waals surface area contributed by atoms with Crippen molar-refractivity contribution in [1.29, 1.82) is 0 Å². The molecular formula is C22H20ClN7O. The maximum atomic E-state index is 12.5. The van der Waals surface area contributed by atoms with Gasteiger partial charge in [0.15, 0.2) is 0 Å². The second-order valence-electron chi connectivity index (χ2n) is 6.80. The molecule has 4 aromatic rings. The lowest BCUT2D eigenvalue weighted by molar-refractivity contribution is 0.0950. The van der Waals surface area contributed by atoms with E-state index < -0.39 is 0 Å². The van der Waals surface area contributed by atoms with Crippen molar-refractivity contribution in [1.82, 2.24) is 29.8 Å². The Hall–Kier alpha value is -3.78. The lowest BCUT2D eigenvalue weighted by atomic mass is 10.2. The summed E-state index contributed by atoms with van der Waals surface area (Å²) in [6.45, 7) is 0.801. The van der Waals surface area contributed by atoms with Gasteiger partial charge in [-0.25, -0.2) is 15.0 Å². The van der Waals surface area contributed by atoms with Crippen LogP contribution < -0.4 is 10.6 Å². The molecule has 0 aliphatic carbocycles. The van der Waals surface area contributed by atoms with Crippen LogP contribution in [0, 0.1) is 0 Å². The molecule has 0 saturated carbocycles. The minimum Gasteiger partial charge on any atom is -0.378 e. The minimum absolute atomic E-state index is 0.187. The maximum Gasteiger partial charge on any atom is 0.251 e. The molecule has 9 heteroatoms. The minimum atomic E-state index is -0.187. The molecule has 0 radical (unpaired) electrons. The van der Waals surface area contributed by atoms with E-state index in [1.807, 2.05) is 29.8 Å². The number of amides is 1. The number of aromatic nitrogens is 5. The number of carbonyl (C=O) groups excluding carboxylic acids is 1. The number of rotatable bonds is 7. The SMILES string of the molecule is Cn1c(-c2ccncn2)cnc1CNc1cccc(C(=O)NCc2cc(Cl)ccn2)c1. The molecule has 0 unspecified atom stereocenters. The average molecular weight is 434 g/mol. The van der Waals surface area contributed by atoms with Gasteiger partial charge in [0.25, 0.3) is 5.91 Å². The normalized spacial score (nSPS) is 10.6. The first-order chi connectivity index (χ1) is 15.1. The number of imidazole rings is 1. The molecule has 0 fully saturated rings. The maximum absolute atomic E-state index is 12.5. The summed E-state index contributed by atoms with van der Waals surface area (Å²) in [4.78, 5) is 29.4. The van der Waals surface area contributed by atoms with Crippen LogP contribution in [0.25, 0.3) is 11.4 Å². The molecule has 1 aromatic carbocycles.